The van der Waals surface area contributed by atoms with E-state index in [1.807, 2.05) is 0 Å². The van der Waals surface area contributed by atoms with Gasteiger partial charge in [-0.15, -0.1) is 0 Å². The molecule has 0 amide bonds. The van der Waals surface area contributed by atoms with Crippen molar-refractivity contribution in [1.29, 1.82) is 0 Å². The Morgan fingerprint density at radius 3 is 2.59 bits per heavy atom. The van der Waals surface area contributed by atoms with Crippen molar-refractivity contribution in [2.45, 2.75) is 44.7 Å². The summed E-state index contributed by atoms with van der Waals surface area (Å²) in [5, 5.41) is 3.65. The van der Waals surface area contributed by atoms with Crippen LogP contribution in [0.5, 0.6) is 11.5 Å². The average molecular weight is 304 g/mol. The SMILES string of the molecule is COc1cc2c(cc1OC)CN(CCC1CCCCN1)CC2. The molecule has 1 N–H and O–H groups in total. The maximum atomic E-state index is 5.44. The zero-order chi connectivity index (χ0) is 15.4. The Kier molecular flexibility index (Phi) is 5.21. The monoisotopic (exact) mass is 304 g/mol. The first-order valence-electron chi connectivity index (χ1n) is 8.49. The molecule has 1 saturated heterocycles. The summed E-state index contributed by atoms with van der Waals surface area (Å²) in [5.74, 6) is 1.69. The first-order valence-corrected chi connectivity index (χ1v) is 8.49. The molecular weight excluding hydrogens is 276 g/mol. The minimum Gasteiger partial charge on any atom is -0.493 e. The van der Waals surface area contributed by atoms with Gasteiger partial charge < -0.3 is 14.8 Å². The second-order valence-electron chi connectivity index (χ2n) is 6.44. The number of hydrogen-bond acceptors (Lipinski definition) is 4. The third-order valence-corrected chi connectivity index (χ3v) is 5.00. The third kappa shape index (κ3) is 3.55. The van der Waals surface area contributed by atoms with Gasteiger partial charge in [0, 0.05) is 19.1 Å². The zero-order valence-corrected chi connectivity index (χ0v) is 13.9. The van der Waals surface area contributed by atoms with Gasteiger partial charge >= 0.3 is 0 Å². The molecule has 0 aliphatic carbocycles. The van der Waals surface area contributed by atoms with Gasteiger partial charge in [-0.25, -0.2) is 0 Å². The maximum absolute atomic E-state index is 5.44. The van der Waals surface area contributed by atoms with Gasteiger partial charge in [0.25, 0.3) is 0 Å². The van der Waals surface area contributed by atoms with E-state index >= 15 is 0 Å². The lowest BCUT2D eigenvalue weighted by molar-refractivity contribution is 0.229. The summed E-state index contributed by atoms with van der Waals surface area (Å²) in [5.41, 5.74) is 2.80. The molecule has 2 aliphatic heterocycles. The lowest BCUT2D eigenvalue weighted by Gasteiger charge is -2.31. The largest absolute Gasteiger partial charge is 0.493 e. The Morgan fingerprint density at radius 1 is 1.14 bits per heavy atom. The molecule has 1 aromatic carbocycles. The van der Waals surface area contributed by atoms with Crippen molar-refractivity contribution in [1.82, 2.24) is 10.2 Å². The van der Waals surface area contributed by atoms with E-state index in [0.29, 0.717) is 0 Å². The number of hydrogen-bond donors (Lipinski definition) is 1. The molecule has 1 unspecified atom stereocenters. The van der Waals surface area contributed by atoms with Crippen molar-refractivity contribution in [3.63, 3.8) is 0 Å². The molecule has 4 heteroatoms. The summed E-state index contributed by atoms with van der Waals surface area (Å²) in [6.45, 7) is 4.56. The molecule has 2 aliphatic rings. The summed E-state index contributed by atoms with van der Waals surface area (Å²) in [7, 11) is 3.41. The van der Waals surface area contributed by atoms with Crippen LogP contribution in [0.2, 0.25) is 0 Å². The predicted molar refractivity (Wildman–Crippen MR) is 88.8 cm³/mol. The average Bonchev–Trinajstić information content (AvgIpc) is 2.59. The number of nitrogens with one attached hydrogen (secondary N) is 1. The minimum absolute atomic E-state index is 0.723. The summed E-state index contributed by atoms with van der Waals surface area (Å²) < 4.78 is 10.8. The highest BCUT2D eigenvalue weighted by Gasteiger charge is 2.20. The molecule has 0 spiro atoms. The highest BCUT2D eigenvalue weighted by molar-refractivity contribution is 5.48. The summed E-state index contributed by atoms with van der Waals surface area (Å²) in [6, 6.07) is 5.02. The van der Waals surface area contributed by atoms with E-state index in [-0.39, 0.29) is 0 Å². The summed E-state index contributed by atoms with van der Waals surface area (Å²) in [4.78, 5) is 2.57. The number of methoxy groups -OCH3 is 2. The van der Waals surface area contributed by atoms with Crippen molar-refractivity contribution < 1.29 is 9.47 Å². The first kappa shape index (κ1) is 15.6. The zero-order valence-electron chi connectivity index (χ0n) is 13.9. The van der Waals surface area contributed by atoms with Gasteiger partial charge in [-0.2, -0.15) is 0 Å². The van der Waals surface area contributed by atoms with E-state index in [0.717, 1.165) is 37.1 Å². The molecule has 1 aromatic rings. The molecule has 4 nitrogen and oxygen atoms in total. The fraction of sp³-hybridized carbons (Fsp3) is 0.667. The third-order valence-electron chi connectivity index (χ3n) is 5.00. The van der Waals surface area contributed by atoms with Crippen LogP contribution < -0.4 is 14.8 Å². The molecule has 122 valence electrons. The van der Waals surface area contributed by atoms with Gasteiger partial charge in [0.15, 0.2) is 11.5 Å². The van der Waals surface area contributed by atoms with Gasteiger partial charge in [-0.05, 0) is 62.0 Å². The molecule has 1 atom stereocenters. The predicted octanol–water partition coefficient (Wildman–Crippen LogP) is 2.59. The Morgan fingerprint density at radius 2 is 1.91 bits per heavy atom. The molecule has 0 saturated carbocycles. The number of benzene rings is 1. The van der Waals surface area contributed by atoms with Crippen molar-refractivity contribution in [2.24, 2.45) is 0 Å². The number of fused-ring (bicyclic) bond motifs is 1. The van der Waals surface area contributed by atoms with E-state index in [1.54, 1.807) is 14.2 Å². The molecule has 0 radical (unpaired) electrons. The van der Waals surface area contributed by atoms with E-state index in [9.17, 15) is 0 Å². The molecule has 2 heterocycles. The number of ether oxygens (including phenoxy) is 2. The summed E-state index contributed by atoms with van der Waals surface area (Å²) >= 11 is 0. The van der Waals surface area contributed by atoms with E-state index in [1.165, 1.54) is 49.9 Å². The van der Waals surface area contributed by atoms with Crippen LogP contribution in [0.3, 0.4) is 0 Å². The smallest absolute Gasteiger partial charge is 0.161 e. The molecule has 3 rings (SSSR count). The van der Waals surface area contributed by atoms with Gasteiger partial charge in [0.2, 0.25) is 0 Å². The molecule has 0 bridgehead atoms. The van der Waals surface area contributed by atoms with Crippen LogP contribution >= 0.6 is 0 Å². The highest BCUT2D eigenvalue weighted by Crippen LogP contribution is 2.33. The van der Waals surface area contributed by atoms with Crippen LogP contribution in [0.4, 0.5) is 0 Å². The molecule has 1 fully saturated rings. The number of rotatable bonds is 5. The van der Waals surface area contributed by atoms with Crippen LogP contribution in [0.25, 0.3) is 0 Å². The van der Waals surface area contributed by atoms with Crippen molar-refractivity contribution in [3.05, 3.63) is 23.3 Å². The van der Waals surface area contributed by atoms with Crippen LogP contribution in [-0.4, -0.2) is 44.8 Å². The minimum atomic E-state index is 0.723. The Labute approximate surface area is 133 Å². The second kappa shape index (κ2) is 7.34. The standard InChI is InChI=1S/C18H28N2O2/c1-21-17-11-14-6-9-20(13-15(14)12-18(17)22-2)10-7-16-5-3-4-8-19-16/h11-12,16,19H,3-10,13H2,1-2H3. The fourth-order valence-corrected chi connectivity index (χ4v) is 3.64. The lowest BCUT2D eigenvalue weighted by Crippen LogP contribution is -2.39. The molecule has 22 heavy (non-hydrogen) atoms. The van der Waals surface area contributed by atoms with Crippen LogP contribution in [0.1, 0.15) is 36.8 Å². The first-order chi connectivity index (χ1) is 10.8. The number of nitrogens with zero attached hydrogens (tertiary/aromatic N) is 1. The maximum Gasteiger partial charge on any atom is 0.161 e. The van der Waals surface area contributed by atoms with Crippen LogP contribution in [0, 0.1) is 0 Å². The quantitative estimate of drug-likeness (QED) is 0.906. The van der Waals surface area contributed by atoms with Gasteiger partial charge in [0.05, 0.1) is 14.2 Å². The molecule has 0 aromatic heterocycles. The van der Waals surface area contributed by atoms with Gasteiger partial charge in [-0.1, -0.05) is 6.42 Å². The summed E-state index contributed by atoms with van der Waals surface area (Å²) in [6.07, 6.45) is 6.44. The van der Waals surface area contributed by atoms with Crippen LogP contribution in [-0.2, 0) is 13.0 Å². The normalized spacial score (nSPS) is 22.2. The van der Waals surface area contributed by atoms with Crippen molar-refractivity contribution in [2.75, 3.05) is 33.9 Å². The Bertz CT molecular complexity index is 498. The lowest BCUT2D eigenvalue weighted by atomic mass is 9.97. The molecular formula is C18H28N2O2. The Hall–Kier alpha value is -1.26. The topological polar surface area (TPSA) is 33.7 Å². The Balaban J connectivity index is 1.60. The van der Waals surface area contributed by atoms with E-state index < -0.39 is 0 Å². The second-order valence-corrected chi connectivity index (χ2v) is 6.44. The van der Waals surface area contributed by atoms with Gasteiger partial charge in [0.1, 0.15) is 0 Å². The van der Waals surface area contributed by atoms with Crippen molar-refractivity contribution in [3.8, 4) is 11.5 Å². The van der Waals surface area contributed by atoms with E-state index in [4.69, 9.17) is 9.47 Å². The fourth-order valence-electron chi connectivity index (χ4n) is 3.64. The van der Waals surface area contributed by atoms with Gasteiger partial charge in [-0.3, -0.25) is 4.90 Å². The van der Waals surface area contributed by atoms with Crippen molar-refractivity contribution >= 4 is 0 Å². The number of piperidine rings is 1. The van der Waals surface area contributed by atoms with Crippen LogP contribution in [0.15, 0.2) is 12.1 Å². The highest BCUT2D eigenvalue weighted by atomic mass is 16.5. The van der Waals surface area contributed by atoms with E-state index in [2.05, 4.69) is 22.3 Å².